The van der Waals surface area contributed by atoms with Gasteiger partial charge in [-0.15, -0.1) is 0 Å². The van der Waals surface area contributed by atoms with Crippen LogP contribution in [0.5, 0.6) is 0 Å². The van der Waals surface area contributed by atoms with Crippen molar-refractivity contribution in [3.05, 3.63) is 35.4 Å². The van der Waals surface area contributed by atoms with Gasteiger partial charge < -0.3 is 11.1 Å². The van der Waals surface area contributed by atoms with Crippen molar-refractivity contribution in [1.29, 1.82) is 0 Å². The molecule has 0 aromatic heterocycles. The van der Waals surface area contributed by atoms with E-state index in [9.17, 15) is 4.79 Å². The Morgan fingerprint density at radius 2 is 1.88 bits per heavy atom. The van der Waals surface area contributed by atoms with E-state index in [4.69, 9.17) is 5.73 Å². The predicted octanol–water partition coefficient (Wildman–Crippen LogP) is 1.99. The molecule has 0 bridgehead atoms. The van der Waals surface area contributed by atoms with Crippen molar-refractivity contribution in [1.82, 2.24) is 5.32 Å². The number of amides is 1. The fourth-order valence-corrected chi connectivity index (χ4v) is 1.61. The number of nitrogens with one attached hydrogen (secondary N) is 1. The Morgan fingerprint density at radius 1 is 1.29 bits per heavy atom. The van der Waals surface area contributed by atoms with E-state index in [1.807, 2.05) is 38.1 Å². The Bertz CT molecular complexity index is 386. The van der Waals surface area contributed by atoms with Gasteiger partial charge in [-0.3, -0.25) is 4.79 Å². The number of hydrogen-bond acceptors (Lipinski definition) is 2. The lowest BCUT2D eigenvalue weighted by Gasteiger charge is -2.24. The number of nitrogens with two attached hydrogens (primary N) is 1. The maximum Gasteiger partial charge on any atom is 0.224 e. The lowest BCUT2D eigenvalue weighted by atomic mass is 10.00. The smallest absolute Gasteiger partial charge is 0.224 e. The van der Waals surface area contributed by atoms with Crippen LogP contribution in [0.3, 0.4) is 0 Å². The Labute approximate surface area is 103 Å². The number of benzene rings is 1. The summed E-state index contributed by atoms with van der Waals surface area (Å²) in [5.74, 6) is 0.0535. The molecule has 1 aromatic rings. The van der Waals surface area contributed by atoms with Crippen LogP contribution < -0.4 is 11.1 Å². The zero-order valence-electron chi connectivity index (χ0n) is 10.9. The zero-order chi connectivity index (χ0) is 12.9. The SMILES string of the molecule is CCC(C)(C)NC(=O)Cc1ccccc1CN. The summed E-state index contributed by atoms with van der Waals surface area (Å²) in [4.78, 5) is 11.9. The maximum absolute atomic E-state index is 11.9. The molecule has 0 unspecified atom stereocenters. The van der Waals surface area contributed by atoms with Gasteiger partial charge >= 0.3 is 0 Å². The highest BCUT2D eigenvalue weighted by Crippen LogP contribution is 2.11. The molecule has 0 saturated carbocycles. The van der Waals surface area contributed by atoms with Crippen molar-refractivity contribution in [2.24, 2.45) is 5.73 Å². The molecule has 0 saturated heterocycles. The van der Waals surface area contributed by atoms with Crippen LogP contribution in [0.4, 0.5) is 0 Å². The van der Waals surface area contributed by atoms with Crippen molar-refractivity contribution in [3.8, 4) is 0 Å². The number of carbonyl (C=O) groups is 1. The highest BCUT2D eigenvalue weighted by atomic mass is 16.1. The lowest BCUT2D eigenvalue weighted by Crippen LogP contribution is -2.43. The summed E-state index contributed by atoms with van der Waals surface area (Å²) in [6, 6.07) is 7.81. The summed E-state index contributed by atoms with van der Waals surface area (Å²) >= 11 is 0. The molecule has 1 rings (SSSR count). The number of hydrogen-bond donors (Lipinski definition) is 2. The summed E-state index contributed by atoms with van der Waals surface area (Å²) in [6.07, 6.45) is 1.31. The van der Waals surface area contributed by atoms with E-state index in [1.165, 1.54) is 0 Å². The normalized spacial score (nSPS) is 11.3. The molecule has 94 valence electrons. The van der Waals surface area contributed by atoms with Crippen LogP contribution in [0, 0.1) is 0 Å². The zero-order valence-corrected chi connectivity index (χ0v) is 10.9. The van der Waals surface area contributed by atoms with Crippen LogP contribution >= 0.6 is 0 Å². The quantitative estimate of drug-likeness (QED) is 0.818. The first-order valence-electron chi connectivity index (χ1n) is 6.06. The number of rotatable bonds is 5. The van der Waals surface area contributed by atoms with Crippen LogP contribution in [0.15, 0.2) is 24.3 Å². The first-order valence-corrected chi connectivity index (χ1v) is 6.06. The van der Waals surface area contributed by atoms with E-state index < -0.39 is 0 Å². The minimum absolute atomic E-state index is 0.0535. The molecule has 0 aliphatic rings. The first kappa shape index (κ1) is 13.7. The molecule has 0 fully saturated rings. The number of carbonyl (C=O) groups excluding carboxylic acids is 1. The second-order valence-corrected chi connectivity index (χ2v) is 4.94. The topological polar surface area (TPSA) is 55.1 Å². The summed E-state index contributed by atoms with van der Waals surface area (Å²) in [6.45, 7) is 6.59. The van der Waals surface area contributed by atoms with E-state index in [1.54, 1.807) is 0 Å². The van der Waals surface area contributed by atoms with Crippen LogP contribution in [0.25, 0.3) is 0 Å². The van der Waals surface area contributed by atoms with Gasteiger partial charge in [-0.05, 0) is 31.4 Å². The van der Waals surface area contributed by atoms with E-state index in [0.29, 0.717) is 13.0 Å². The molecule has 0 radical (unpaired) electrons. The van der Waals surface area contributed by atoms with Crippen LogP contribution in [-0.4, -0.2) is 11.4 Å². The van der Waals surface area contributed by atoms with Gasteiger partial charge in [-0.1, -0.05) is 31.2 Å². The van der Waals surface area contributed by atoms with Crippen LogP contribution in [-0.2, 0) is 17.8 Å². The molecule has 0 atom stereocenters. The third kappa shape index (κ3) is 4.19. The monoisotopic (exact) mass is 234 g/mol. The Balaban J connectivity index is 2.68. The van der Waals surface area contributed by atoms with Crippen molar-refractivity contribution in [2.75, 3.05) is 0 Å². The van der Waals surface area contributed by atoms with Gasteiger partial charge in [0.05, 0.1) is 6.42 Å². The van der Waals surface area contributed by atoms with Crippen molar-refractivity contribution >= 4 is 5.91 Å². The van der Waals surface area contributed by atoms with Gasteiger partial charge in [-0.2, -0.15) is 0 Å². The second-order valence-electron chi connectivity index (χ2n) is 4.94. The summed E-state index contributed by atoms with van der Waals surface area (Å²) in [7, 11) is 0. The average molecular weight is 234 g/mol. The van der Waals surface area contributed by atoms with E-state index in [0.717, 1.165) is 17.5 Å². The van der Waals surface area contributed by atoms with Crippen molar-refractivity contribution in [2.45, 2.75) is 45.7 Å². The molecule has 1 aromatic carbocycles. The van der Waals surface area contributed by atoms with Gasteiger partial charge in [-0.25, -0.2) is 0 Å². The largest absolute Gasteiger partial charge is 0.351 e. The molecule has 0 heterocycles. The highest BCUT2D eigenvalue weighted by molar-refractivity contribution is 5.79. The maximum atomic E-state index is 11.9. The molecule has 0 aliphatic carbocycles. The Kier molecular flexibility index (Phi) is 4.70. The van der Waals surface area contributed by atoms with Crippen molar-refractivity contribution < 1.29 is 4.79 Å². The Morgan fingerprint density at radius 3 is 2.41 bits per heavy atom. The molecular weight excluding hydrogens is 212 g/mol. The van der Waals surface area contributed by atoms with Crippen LogP contribution in [0.1, 0.15) is 38.3 Å². The third-order valence-corrected chi connectivity index (χ3v) is 3.05. The molecule has 3 nitrogen and oxygen atoms in total. The minimum Gasteiger partial charge on any atom is -0.351 e. The molecule has 3 heteroatoms. The van der Waals surface area contributed by atoms with Gasteiger partial charge in [0.1, 0.15) is 0 Å². The molecule has 0 aliphatic heterocycles. The van der Waals surface area contributed by atoms with Gasteiger partial charge in [0.2, 0.25) is 5.91 Å². The minimum atomic E-state index is -0.144. The summed E-state index contributed by atoms with van der Waals surface area (Å²) in [5.41, 5.74) is 7.56. The highest BCUT2D eigenvalue weighted by Gasteiger charge is 2.18. The second kappa shape index (κ2) is 5.82. The van der Waals surface area contributed by atoms with E-state index in [2.05, 4.69) is 12.2 Å². The average Bonchev–Trinajstić information content (AvgIpc) is 2.29. The summed E-state index contributed by atoms with van der Waals surface area (Å²) < 4.78 is 0. The fraction of sp³-hybridized carbons (Fsp3) is 0.500. The van der Waals surface area contributed by atoms with Gasteiger partial charge in [0.25, 0.3) is 0 Å². The van der Waals surface area contributed by atoms with E-state index >= 15 is 0 Å². The third-order valence-electron chi connectivity index (χ3n) is 3.05. The van der Waals surface area contributed by atoms with Crippen LogP contribution in [0.2, 0.25) is 0 Å². The molecule has 0 spiro atoms. The first-order chi connectivity index (χ1) is 7.98. The molecule has 1 amide bonds. The van der Waals surface area contributed by atoms with E-state index in [-0.39, 0.29) is 11.4 Å². The fourth-order valence-electron chi connectivity index (χ4n) is 1.61. The molecule has 17 heavy (non-hydrogen) atoms. The Hall–Kier alpha value is -1.35. The van der Waals surface area contributed by atoms with Gasteiger partial charge in [0.15, 0.2) is 0 Å². The molecule has 3 N–H and O–H groups in total. The standard InChI is InChI=1S/C14H22N2O/c1-4-14(2,3)16-13(17)9-11-7-5-6-8-12(11)10-15/h5-8H,4,9-10,15H2,1-3H3,(H,16,17). The molecular formula is C14H22N2O. The lowest BCUT2D eigenvalue weighted by molar-refractivity contribution is -0.122. The van der Waals surface area contributed by atoms with Crippen molar-refractivity contribution in [3.63, 3.8) is 0 Å². The summed E-state index contributed by atoms with van der Waals surface area (Å²) in [5, 5.41) is 3.03. The predicted molar refractivity (Wildman–Crippen MR) is 70.6 cm³/mol. The van der Waals surface area contributed by atoms with Gasteiger partial charge in [0, 0.05) is 12.1 Å².